The standard InChI is InChI=1S/C10H8Cl3NO4S/c1-5(11)4-14-19(17,18)7-3-2-6(12)8(9(7)13)10(15)16/h2-3,14H,1,4H2,(H,15,16). The molecule has 19 heavy (non-hydrogen) atoms. The van der Waals surface area contributed by atoms with Crippen LogP contribution in [0.4, 0.5) is 0 Å². The molecule has 1 aromatic rings. The molecule has 0 unspecified atom stereocenters. The minimum Gasteiger partial charge on any atom is -0.478 e. The molecule has 1 aromatic carbocycles. The molecule has 0 saturated carbocycles. The zero-order valence-corrected chi connectivity index (χ0v) is 12.4. The quantitative estimate of drug-likeness (QED) is 0.860. The van der Waals surface area contributed by atoms with E-state index >= 15 is 0 Å². The predicted octanol–water partition coefficient (Wildman–Crippen LogP) is 2.72. The molecule has 0 spiro atoms. The predicted molar refractivity (Wildman–Crippen MR) is 73.6 cm³/mol. The Balaban J connectivity index is 3.33. The van der Waals surface area contributed by atoms with Crippen molar-refractivity contribution in [2.45, 2.75) is 4.90 Å². The largest absolute Gasteiger partial charge is 0.478 e. The van der Waals surface area contributed by atoms with Crippen molar-refractivity contribution in [2.75, 3.05) is 6.54 Å². The van der Waals surface area contributed by atoms with Gasteiger partial charge in [-0.3, -0.25) is 0 Å². The van der Waals surface area contributed by atoms with Gasteiger partial charge in [-0.2, -0.15) is 0 Å². The summed E-state index contributed by atoms with van der Waals surface area (Å²) in [5, 5.41) is 8.39. The van der Waals surface area contributed by atoms with E-state index in [1.807, 2.05) is 0 Å². The maximum Gasteiger partial charge on any atom is 0.338 e. The van der Waals surface area contributed by atoms with E-state index in [9.17, 15) is 13.2 Å². The Morgan fingerprint density at radius 1 is 1.37 bits per heavy atom. The lowest BCUT2D eigenvalue weighted by Gasteiger charge is -2.10. The fourth-order valence-corrected chi connectivity index (χ4v) is 3.28. The number of aromatic carboxylic acids is 1. The van der Waals surface area contributed by atoms with Crippen molar-refractivity contribution in [1.82, 2.24) is 4.72 Å². The summed E-state index contributed by atoms with van der Waals surface area (Å²) in [5.41, 5.74) is -0.476. The average molecular weight is 345 g/mol. The van der Waals surface area contributed by atoms with Crippen molar-refractivity contribution in [3.63, 3.8) is 0 Å². The summed E-state index contributed by atoms with van der Waals surface area (Å²) in [4.78, 5) is 10.6. The zero-order valence-electron chi connectivity index (χ0n) is 9.28. The number of carboxylic acid groups (broad SMARTS) is 1. The number of hydrogen-bond acceptors (Lipinski definition) is 3. The summed E-state index contributed by atoms with van der Waals surface area (Å²) in [6, 6.07) is 2.25. The van der Waals surface area contributed by atoms with Gasteiger partial charge in [0.2, 0.25) is 10.0 Å². The number of halogens is 3. The molecule has 9 heteroatoms. The van der Waals surface area contributed by atoms with Crippen LogP contribution in [-0.2, 0) is 10.0 Å². The Morgan fingerprint density at radius 2 is 1.95 bits per heavy atom. The summed E-state index contributed by atoms with van der Waals surface area (Å²) in [6.07, 6.45) is 0. The van der Waals surface area contributed by atoms with Crippen LogP contribution in [-0.4, -0.2) is 26.0 Å². The second-order valence-electron chi connectivity index (χ2n) is 3.38. The van der Waals surface area contributed by atoms with E-state index < -0.39 is 31.5 Å². The molecular weight excluding hydrogens is 337 g/mol. The molecule has 0 fully saturated rings. The summed E-state index contributed by atoms with van der Waals surface area (Å²) in [7, 11) is -4.01. The molecule has 0 radical (unpaired) electrons. The molecule has 0 heterocycles. The fraction of sp³-hybridized carbons (Fsp3) is 0.100. The van der Waals surface area contributed by atoms with E-state index in [1.54, 1.807) is 0 Å². The molecule has 104 valence electrons. The molecule has 1 rings (SSSR count). The van der Waals surface area contributed by atoms with Gasteiger partial charge in [-0.15, -0.1) is 0 Å². The molecule has 0 atom stereocenters. The number of rotatable bonds is 5. The molecule has 0 aliphatic carbocycles. The normalized spacial score (nSPS) is 11.3. The van der Waals surface area contributed by atoms with Crippen molar-refractivity contribution in [1.29, 1.82) is 0 Å². The number of nitrogens with one attached hydrogen (secondary N) is 1. The molecule has 0 bridgehead atoms. The molecular formula is C10H8Cl3NO4S. The van der Waals surface area contributed by atoms with Gasteiger partial charge in [0.15, 0.2) is 0 Å². The summed E-state index contributed by atoms with van der Waals surface area (Å²) in [5.74, 6) is -1.42. The average Bonchev–Trinajstić information content (AvgIpc) is 2.25. The van der Waals surface area contributed by atoms with Gasteiger partial charge < -0.3 is 5.11 Å². The van der Waals surface area contributed by atoms with Crippen molar-refractivity contribution in [2.24, 2.45) is 0 Å². The topological polar surface area (TPSA) is 83.5 Å². The van der Waals surface area contributed by atoms with Crippen LogP contribution in [0.15, 0.2) is 28.6 Å². The van der Waals surface area contributed by atoms with Gasteiger partial charge in [0, 0.05) is 11.6 Å². The van der Waals surface area contributed by atoms with Gasteiger partial charge in [0.25, 0.3) is 0 Å². The first-order valence-corrected chi connectivity index (χ1v) is 7.32. The molecule has 0 aliphatic rings. The van der Waals surface area contributed by atoms with Crippen LogP contribution < -0.4 is 4.72 Å². The smallest absolute Gasteiger partial charge is 0.338 e. The van der Waals surface area contributed by atoms with Crippen LogP contribution in [0.3, 0.4) is 0 Å². The third-order valence-electron chi connectivity index (χ3n) is 2.01. The lowest BCUT2D eigenvalue weighted by atomic mass is 10.2. The van der Waals surface area contributed by atoms with E-state index in [0.717, 1.165) is 12.1 Å². The third kappa shape index (κ3) is 3.84. The maximum absolute atomic E-state index is 11.9. The third-order valence-corrected chi connectivity index (χ3v) is 4.41. The van der Waals surface area contributed by atoms with Crippen LogP contribution in [0.1, 0.15) is 10.4 Å². The highest BCUT2D eigenvalue weighted by Gasteiger charge is 2.24. The van der Waals surface area contributed by atoms with Gasteiger partial charge >= 0.3 is 5.97 Å². The number of carboxylic acids is 1. The summed E-state index contributed by atoms with van der Waals surface area (Å²) < 4.78 is 25.9. The lowest BCUT2D eigenvalue weighted by Crippen LogP contribution is -2.25. The SMILES string of the molecule is C=C(Cl)CNS(=O)(=O)c1ccc(Cl)c(C(=O)O)c1Cl. The Kier molecular flexibility index (Phi) is 5.23. The van der Waals surface area contributed by atoms with Crippen molar-refractivity contribution >= 4 is 50.8 Å². The van der Waals surface area contributed by atoms with Gasteiger partial charge in [-0.25, -0.2) is 17.9 Å². The van der Waals surface area contributed by atoms with Crippen molar-refractivity contribution < 1.29 is 18.3 Å². The number of carbonyl (C=O) groups is 1. The Bertz CT molecular complexity index is 642. The van der Waals surface area contributed by atoms with E-state index in [1.165, 1.54) is 0 Å². The second-order valence-corrected chi connectivity index (χ2v) is 6.44. The summed E-state index contributed by atoms with van der Waals surface area (Å²) in [6.45, 7) is 3.12. The molecule has 0 aromatic heterocycles. The molecule has 0 amide bonds. The lowest BCUT2D eigenvalue weighted by molar-refractivity contribution is 0.0697. The van der Waals surface area contributed by atoms with E-state index in [-0.39, 0.29) is 16.6 Å². The highest BCUT2D eigenvalue weighted by Crippen LogP contribution is 2.31. The zero-order chi connectivity index (χ0) is 14.8. The van der Waals surface area contributed by atoms with Crippen LogP contribution in [0.5, 0.6) is 0 Å². The molecule has 0 saturated heterocycles. The minimum atomic E-state index is -4.01. The molecule has 2 N–H and O–H groups in total. The highest BCUT2D eigenvalue weighted by molar-refractivity contribution is 7.89. The maximum atomic E-state index is 11.9. The Morgan fingerprint density at radius 3 is 2.42 bits per heavy atom. The van der Waals surface area contributed by atoms with Gasteiger partial charge in [0.1, 0.15) is 4.90 Å². The highest BCUT2D eigenvalue weighted by atomic mass is 35.5. The fourth-order valence-electron chi connectivity index (χ4n) is 1.19. The van der Waals surface area contributed by atoms with Gasteiger partial charge in [-0.1, -0.05) is 41.4 Å². The number of benzene rings is 1. The van der Waals surface area contributed by atoms with Crippen LogP contribution in [0.25, 0.3) is 0 Å². The first-order valence-electron chi connectivity index (χ1n) is 4.71. The van der Waals surface area contributed by atoms with Crippen LogP contribution in [0, 0.1) is 0 Å². The van der Waals surface area contributed by atoms with E-state index in [4.69, 9.17) is 39.9 Å². The second kappa shape index (κ2) is 6.11. The number of sulfonamides is 1. The monoisotopic (exact) mass is 343 g/mol. The van der Waals surface area contributed by atoms with Crippen molar-refractivity contribution in [3.05, 3.63) is 39.4 Å². The number of hydrogen-bond donors (Lipinski definition) is 2. The Hall–Kier alpha value is -0.790. The van der Waals surface area contributed by atoms with E-state index in [0.29, 0.717) is 0 Å². The first-order chi connectivity index (χ1) is 8.66. The molecule has 5 nitrogen and oxygen atoms in total. The van der Waals surface area contributed by atoms with Crippen molar-refractivity contribution in [3.8, 4) is 0 Å². The van der Waals surface area contributed by atoms with Crippen LogP contribution >= 0.6 is 34.8 Å². The Labute approximate surface area is 124 Å². The van der Waals surface area contributed by atoms with E-state index in [2.05, 4.69) is 11.3 Å². The van der Waals surface area contributed by atoms with Gasteiger partial charge in [-0.05, 0) is 12.1 Å². The minimum absolute atomic E-state index is 0.0760. The first kappa shape index (κ1) is 16.3. The summed E-state index contributed by atoms with van der Waals surface area (Å²) >= 11 is 16.9. The van der Waals surface area contributed by atoms with Crippen LogP contribution in [0.2, 0.25) is 10.0 Å². The van der Waals surface area contributed by atoms with Gasteiger partial charge in [0.05, 0.1) is 15.6 Å². The molecule has 0 aliphatic heterocycles.